The molecule has 0 unspecified atom stereocenters. The highest BCUT2D eigenvalue weighted by molar-refractivity contribution is 8.13. The maximum atomic E-state index is 11.8. The summed E-state index contributed by atoms with van der Waals surface area (Å²) in [5.74, 6) is 0. The van der Waals surface area contributed by atoms with Crippen molar-refractivity contribution < 1.29 is 9.53 Å². The number of carbonyl (C=O) groups is 1. The van der Waals surface area contributed by atoms with Crippen LogP contribution in [0.5, 0.6) is 0 Å². The molecule has 2 aromatic rings. The van der Waals surface area contributed by atoms with Gasteiger partial charge in [-0.2, -0.15) is 0 Å². The van der Waals surface area contributed by atoms with Crippen LogP contribution in [0.2, 0.25) is 0 Å². The third-order valence-electron chi connectivity index (χ3n) is 3.18. The Morgan fingerprint density at radius 1 is 1.10 bits per heavy atom. The van der Waals surface area contributed by atoms with E-state index in [2.05, 4.69) is 39.0 Å². The maximum Gasteiger partial charge on any atom is 0.219 e. The monoisotopic (exact) mass is 288 g/mol. The molecule has 0 spiro atoms. The number of hydrogen-bond acceptors (Lipinski definition) is 3. The van der Waals surface area contributed by atoms with Gasteiger partial charge in [-0.15, -0.1) is 0 Å². The molecular formula is C17H20O2S. The topological polar surface area (TPSA) is 26.3 Å². The van der Waals surface area contributed by atoms with Gasteiger partial charge in [0.05, 0.1) is 0 Å². The second-order valence-electron chi connectivity index (χ2n) is 5.81. The molecule has 106 valence electrons. The van der Waals surface area contributed by atoms with Crippen molar-refractivity contribution in [1.29, 1.82) is 0 Å². The predicted octanol–water partition coefficient (Wildman–Crippen LogP) is 4.40. The highest BCUT2D eigenvalue weighted by atomic mass is 32.2. The number of thioether (sulfide) groups is 1. The SMILES string of the molecule is COCC(=O)Sc1ccc(C(C)(C)C)c2ccccc12. The lowest BCUT2D eigenvalue weighted by atomic mass is 9.84. The number of benzene rings is 2. The molecule has 0 radical (unpaired) electrons. The predicted molar refractivity (Wildman–Crippen MR) is 85.4 cm³/mol. The van der Waals surface area contributed by atoms with Gasteiger partial charge >= 0.3 is 0 Å². The lowest BCUT2D eigenvalue weighted by Gasteiger charge is -2.22. The standard InChI is InChI=1S/C17H20O2S/c1-17(2,3)14-9-10-15(20-16(18)11-19-4)13-8-6-5-7-12(13)14/h5-10H,11H2,1-4H3. The van der Waals surface area contributed by atoms with E-state index in [1.807, 2.05) is 18.2 Å². The zero-order chi connectivity index (χ0) is 14.8. The summed E-state index contributed by atoms with van der Waals surface area (Å²) >= 11 is 1.25. The first-order valence-electron chi connectivity index (χ1n) is 6.65. The summed E-state index contributed by atoms with van der Waals surface area (Å²) in [6.45, 7) is 6.76. The third-order valence-corrected chi connectivity index (χ3v) is 4.10. The molecule has 0 aliphatic rings. The van der Waals surface area contributed by atoms with Gasteiger partial charge in [0, 0.05) is 12.0 Å². The van der Waals surface area contributed by atoms with E-state index < -0.39 is 0 Å². The Kier molecular flexibility index (Phi) is 4.51. The van der Waals surface area contributed by atoms with Gasteiger partial charge in [0.1, 0.15) is 6.61 Å². The molecule has 20 heavy (non-hydrogen) atoms. The van der Waals surface area contributed by atoms with Crippen LogP contribution in [0.25, 0.3) is 10.8 Å². The lowest BCUT2D eigenvalue weighted by Crippen LogP contribution is -2.11. The molecule has 2 aromatic carbocycles. The van der Waals surface area contributed by atoms with Crippen LogP contribution in [0, 0.1) is 0 Å². The lowest BCUT2D eigenvalue weighted by molar-refractivity contribution is -0.114. The first-order valence-corrected chi connectivity index (χ1v) is 7.47. The molecule has 0 bridgehead atoms. The molecule has 0 aliphatic heterocycles. The first-order chi connectivity index (χ1) is 9.43. The van der Waals surface area contributed by atoms with Crippen molar-refractivity contribution in [3.05, 3.63) is 42.0 Å². The normalized spacial score (nSPS) is 11.8. The zero-order valence-electron chi connectivity index (χ0n) is 12.4. The van der Waals surface area contributed by atoms with Gasteiger partial charge in [0.25, 0.3) is 0 Å². The molecule has 0 saturated heterocycles. The van der Waals surface area contributed by atoms with Crippen LogP contribution in [0.3, 0.4) is 0 Å². The number of ether oxygens (including phenoxy) is 1. The fraction of sp³-hybridized carbons (Fsp3) is 0.353. The summed E-state index contributed by atoms with van der Waals surface area (Å²) in [4.78, 5) is 12.8. The van der Waals surface area contributed by atoms with Gasteiger partial charge in [-0.1, -0.05) is 51.1 Å². The van der Waals surface area contributed by atoms with Gasteiger partial charge < -0.3 is 4.74 Å². The van der Waals surface area contributed by atoms with Crippen molar-refractivity contribution in [3.63, 3.8) is 0 Å². The van der Waals surface area contributed by atoms with Gasteiger partial charge in [0.2, 0.25) is 5.12 Å². The van der Waals surface area contributed by atoms with Crippen LogP contribution in [0.1, 0.15) is 26.3 Å². The van der Waals surface area contributed by atoms with E-state index in [1.165, 1.54) is 22.7 Å². The average molecular weight is 288 g/mol. The van der Waals surface area contributed by atoms with Crippen LogP contribution in [0.4, 0.5) is 0 Å². The van der Waals surface area contributed by atoms with E-state index in [4.69, 9.17) is 4.74 Å². The molecule has 2 nitrogen and oxygen atoms in total. The minimum atomic E-state index is 0.0289. The first kappa shape index (κ1) is 15.1. The molecule has 0 aromatic heterocycles. The molecule has 0 amide bonds. The van der Waals surface area contributed by atoms with Crippen molar-refractivity contribution in [2.45, 2.75) is 31.1 Å². The van der Waals surface area contributed by atoms with Crippen molar-refractivity contribution in [1.82, 2.24) is 0 Å². The number of carbonyl (C=O) groups excluding carboxylic acids is 1. The van der Waals surface area contributed by atoms with Gasteiger partial charge in [-0.25, -0.2) is 0 Å². The molecule has 0 heterocycles. The van der Waals surface area contributed by atoms with E-state index in [0.29, 0.717) is 0 Å². The molecular weight excluding hydrogens is 268 g/mol. The Labute approximate surface area is 124 Å². The Morgan fingerprint density at radius 2 is 1.75 bits per heavy atom. The summed E-state index contributed by atoms with van der Waals surface area (Å²) in [5.41, 5.74) is 1.39. The van der Waals surface area contributed by atoms with Gasteiger partial charge in [-0.3, -0.25) is 4.79 Å². The molecule has 0 N–H and O–H groups in total. The number of methoxy groups -OCH3 is 1. The van der Waals surface area contributed by atoms with E-state index in [0.717, 1.165) is 10.3 Å². The second-order valence-corrected chi connectivity index (χ2v) is 6.91. The summed E-state index contributed by atoms with van der Waals surface area (Å²) < 4.78 is 4.90. The van der Waals surface area contributed by atoms with Crippen LogP contribution in [-0.2, 0) is 14.9 Å². The molecule has 0 aliphatic carbocycles. The van der Waals surface area contributed by atoms with E-state index in [-0.39, 0.29) is 17.1 Å². The Bertz CT molecular complexity index is 626. The molecule has 3 heteroatoms. The van der Waals surface area contributed by atoms with Crippen molar-refractivity contribution in [2.75, 3.05) is 13.7 Å². The van der Waals surface area contributed by atoms with E-state index >= 15 is 0 Å². The fourth-order valence-corrected chi connectivity index (χ4v) is 3.13. The minimum absolute atomic E-state index is 0.0289. The Hall–Kier alpha value is -1.32. The molecule has 2 rings (SSSR count). The fourth-order valence-electron chi connectivity index (χ4n) is 2.28. The Balaban J connectivity index is 2.52. The quantitative estimate of drug-likeness (QED) is 0.783. The van der Waals surface area contributed by atoms with Gasteiger partial charge in [0.15, 0.2) is 0 Å². The Morgan fingerprint density at radius 3 is 2.35 bits per heavy atom. The number of rotatable bonds is 3. The van der Waals surface area contributed by atoms with Crippen LogP contribution in [-0.4, -0.2) is 18.8 Å². The van der Waals surface area contributed by atoms with E-state index in [9.17, 15) is 4.79 Å². The summed E-state index contributed by atoms with van der Waals surface area (Å²) in [6.07, 6.45) is 0. The largest absolute Gasteiger partial charge is 0.376 e. The second kappa shape index (κ2) is 5.98. The average Bonchev–Trinajstić information content (AvgIpc) is 2.38. The number of fused-ring (bicyclic) bond motifs is 1. The van der Waals surface area contributed by atoms with Crippen LogP contribution >= 0.6 is 11.8 Å². The smallest absolute Gasteiger partial charge is 0.219 e. The van der Waals surface area contributed by atoms with Gasteiger partial charge in [-0.05, 0) is 39.6 Å². The van der Waals surface area contributed by atoms with Crippen molar-refractivity contribution in [2.24, 2.45) is 0 Å². The van der Waals surface area contributed by atoms with Crippen LogP contribution < -0.4 is 0 Å². The number of hydrogen-bond donors (Lipinski definition) is 0. The minimum Gasteiger partial charge on any atom is -0.376 e. The van der Waals surface area contributed by atoms with Crippen molar-refractivity contribution >= 4 is 27.6 Å². The molecule has 0 saturated carbocycles. The zero-order valence-corrected chi connectivity index (χ0v) is 13.2. The molecule has 0 atom stereocenters. The summed E-state index contributed by atoms with van der Waals surface area (Å²) in [5, 5.41) is 2.38. The summed E-state index contributed by atoms with van der Waals surface area (Å²) in [7, 11) is 1.54. The third kappa shape index (κ3) is 3.22. The van der Waals surface area contributed by atoms with E-state index in [1.54, 1.807) is 7.11 Å². The summed E-state index contributed by atoms with van der Waals surface area (Å²) in [6, 6.07) is 12.4. The highest BCUT2D eigenvalue weighted by Gasteiger charge is 2.18. The maximum absolute atomic E-state index is 11.8. The van der Waals surface area contributed by atoms with Crippen LogP contribution in [0.15, 0.2) is 41.3 Å². The highest BCUT2D eigenvalue weighted by Crippen LogP contribution is 2.35. The van der Waals surface area contributed by atoms with Crippen molar-refractivity contribution in [3.8, 4) is 0 Å². The molecule has 0 fully saturated rings.